The molecule has 2 fully saturated rings. The Labute approximate surface area is 110 Å². The normalized spacial score (nSPS) is 29.3. The van der Waals surface area contributed by atoms with Crippen LogP contribution < -0.4 is 5.73 Å². The molecule has 0 aliphatic heterocycles. The minimum atomic E-state index is 0.184. The number of rotatable bonds is 5. The van der Waals surface area contributed by atoms with E-state index in [2.05, 4.69) is 6.92 Å². The Hall–Kier alpha value is -0.610. The molecule has 2 N–H and O–H groups in total. The fourth-order valence-corrected chi connectivity index (χ4v) is 3.87. The second-order valence-corrected chi connectivity index (χ2v) is 5.68. The topological polar surface area (TPSA) is 55.6 Å². The molecule has 0 radical (unpaired) electrons. The number of carbonyl (C=O) groups excluding carboxylic acids is 1. The van der Waals surface area contributed by atoms with Crippen LogP contribution in [-0.4, -0.2) is 43.2 Å². The Balaban J connectivity index is 2.03. The maximum Gasteiger partial charge on any atom is 0.223 e. The fourth-order valence-electron chi connectivity index (χ4n) is 3.87. The number of nitrogens with two attached hydrogens (primary N) is 1. The van der Waals surface area contributed by atoms with Crippen molar-refractivity contribution in [3.63, 3.8) is 0 Å². The lowest BCUT2D eigenvalue weighted by Gasteiger charge is -2.57. The van der Waals surface area contributed by atoms with E-state index in [1.165, 1.54) is 25.7 Å². The predicted molar refractivity (Wildman–Crippen MR) is 71.2 cm³/mol. The molecule has 2 atom stereocenters. The zero-order valence-corrected chi connectivity index (χ0v) is 11.7. The average Bonchev–Trinajstić information content (AvgIpc) is 2.85. The molecule has 2 unspecified atom stereocenters. The van der Waals surface area contributed by atoms with Gasteiger partial charge in [0.1, 0.15) is 0 Å². The van der Waals surface area contributed by atoms with Crippen molar-refractivity contribution in [1.82, 2.24) is 4.90 Å². The Kier molecular flexibility index (Phi) is 4.28. The molecule has 0 aromatic rings. The summed E-state index contributed by atoms with van der Waals surface area (Å²) in [6.07, 6.45) is 6.80. The van der Waals surface area contributed by atoms with Crippen LogP contribution in [0.1, 0.15) is 45.4 Å². The summed E-state index contributed by atoms with van der Waals surface area (Å²) in [4.78, 5) is 13.9. The van der Waals surface area contributed by atoms with Crippen molar-refractivity contribution in [3.05, 3.63) is 0 Å². The van der Waals surface area contributed by atoms with E-state index in [-0.39, 0.29) is 11.3 Å². The third-order valence-electron chi connectivity index (χ3n) is 4.86. The highest BCUT2D eigenvalue weighted by atomic mass is 16.5. The Morgan fingerprint density at radius 3 is 2.67 bits per heavy atom. The first-order valence-electron chi connectivity index (χ1n) is 7.23. The van der Waals surface area contributed by atoms with Crippen LogP contribution in [0.2, 0.25) is 0 Å². The quantitative estimate of drug-likeness (QED) is 0.809. The first-order valence-corrected chi connectivity index (χ1v) is 7.23. The minimum Gasteiger partial charge on any atom is -0.378 e. The molecule has 4 nitrogen and oxygen atoms in total. The van der Waals surface area contributed by atoms with E-state index >= 15 is 0 Å². The number of hydrogen-bond donors (Lipinski definition) is 1. The van der Waals surface area contributed by atoms with Crippen LogP contribution in [0.5, 0.6) is 0 Å². The lowest BCUT2D eigenvalue weighted by molar-refractivity contribution is -0.172. The van der Waals surface area contributed by atoms with Gasteiger partial charge in [0.05, 0.1) is 6.10 Å². The molecule has 0 heterocycles. The molecule has 0 bridgehead atoms. The maximum absolute atomic E-state index is 12.0. The van der Waals surface area contributed by atoms with Crippen LogP contribution in [0.25, 0.3) is 0 Å². The molecule has 104 valence electrons. The van der Waals surface area contributed by atoms with E-state index in [0.717, 1.165) is 13.0 Å². The van der Waals surface area contributed by atoms with E-state index in [1.807, 2.05) is 11.9 Å². The molecule has 1 spiro atoms. The molecular formula is C14H26N2O2. The van der Waals surface area contributed by atoms with E-state index in [0.29, 0.717) is 25.1 Å². The van der Waals surface area contributed by atoms with Crippen molar-refractivity contribution in [1.29, 1.82) is 0 Å². The largest absolute Gasteiger partial charge is 0.378 e. The van der Waals surface area contributed by atoms with Gasteiger partial charge in [0.25, 0.3) is 0 Å². The molecule has 0 aromatic carbocycles. The van der Waals surface area contributed by atoms with Crippen LogP contribution in [0.4, 0.5) is 0 Å². The number of ether oxygens (including phenoxy) is 1. The van der Waals surface area contributed by atoms with Gasteiger partial charge in [-0.3, -0.25) is 4.79 Å². The second kappa shape index (κ2) is 5.57. The molecule has 2 saturated carbocycles. The summed E-state index contributed by atoms with van der Waals surface area (Å²) in [5.74, 6) is 0.184. The third-order valence-corrected chi connectivity index (χ3v) is 4.86. The third kappa shape index (κ3) is 2.16. The van der Waals surface area contributed by atoms with E-state index in [4.69, 9.17) is 10.5 Å². The van der Waals surface area contributed by atoms with Gasteiger partial charge in [-0.2, -0.15) is 0 Å². The predicted octanol–water partition coefficient (Wildman–Crippen LogP) is 1.53. The van der Waals surface area contributed by atoms with Gasteiger partial charge in [-0.1, -0.05) is 12.8 Å². The molecule has 4 heteroatoms. The van der Waals surface area contributed by atoms with E-state index < -0.39 is 0 Å². The van der Waals surface area contributed by atoms with Gasteiger partial charge in [-0.15, -0.1) is 0 Å². The lowest BCUT2D eigenvalue weighted by atomic mass is 9.60. The van der Waals surface area contributed by atoms with Crippen molar-refractivity contribution in [2.24, 2.45) is 11.1 Å². The summed E-state index contributed by atoms with van der Waals surface area (Å²) < 4.78 is 5.87. The van der Waals surface area contributed by atoms with Crippen LogP contribution in [0, 0.1) is 5.41 Å². The van der Waals surface area contributed by atoms with Crippen molar-refractivity contribution in [3.8, 4) is 0 Å². The summed E-state index contributed by atoms with van der Waals surface area (Å²) in [5.41, 5.74) is 5.72. The molecule has 0 saturated heterocycles. The molecule has 2 rings (SSSR count). The first kappa shape index (κ1) is 13.8. The average molecular weight is 254 g/mol. The van der Waals surface area contributed by atoms with Gasteiger partial charge < -0.3 is 15.4 Å². The highest BCUT2D eigenvalue weighted by Gasteiger charge is 2.58. The molecular weight excluding hydrogens is 228 g/mol. The van der Waals surface area contributed by atoms with Crippen molar-refractivity contribution >= 4 is 5.91 Å². The Morgan fingerprint density at radius 1 is 1.44 bits per heavy atom. The molecule has 0 aromatic heterocycles. The van der Waals surface area contributed by atoms with Crippen molar-refractivity contribution < 1.29 is 9.53 Å². The van der Waals surface area contributed by atoms with Gasteiger partial charge in [-0.05, 0) is 26.2 Å². The Bertz CT molecular complexity index is 300. The first-order chi connectivity index (χ1) is 8.65. The van der Waals surface area contributed by atoms with Crippen LogP contribution in [0.3, 0.4) is 0 Å². The Morgan fingerprint density at radius 2 is 2.11 bits per heavy atom. The summed E-state index contributed by atoms with van der Waals surface area (Å²) in [5, 5.41) is 0. The number of carbonyl (C=O) groups is 1. The summed E-state index contributed by atoms with van der Waals surface area (Å²) >= 11 is 0. The summed E-state index contributed by atoms with van der Waals surface area (Å²) in [6, 6.07) is 0.371. The second-order valence-electron chi connectivity index (χ2n) is 5.68. The molecule has 2 aliphatic carbocycles. The zero-order valence-electron chi connectivity index (χ0n) is 11.7. The van der Waals surface area contributed by atoms with Gasteiger partial charge >= 0.3 is 0 Å². The van der Waals surface area contributed by atoms with Crippen molar-refractivity contribution in [2.75, 3.05) is 20.2 Å². The van der Waals surface area contributed by atoms with Gasteiger partial charge in [-0.25, -0.2) is 0 Å². The van der Waals surface area contributed by atoms with Crippen LogP contribution in [0.15, 0.2) is 0 Å². The van der Waals surface area contributed by atoms with E-state index in [1.54, 1.807) is 0 Å². The van der Waals surface area contributed by atoms with Crippen LogP contribution >= 0.6 is 0 Å². The van der Waals surface area contributed by atoms with Gasteiger partial charge in [0.2, 0.25) is 5.91 Å². The summed E-state index contributed by atoms with van der Waals surface area (Å²) in [6.45, 7) is 3.27. The molecule has 2 aliphatic rings. The fraction of sp³-hybridized carbons (Fsp3) is 0.929. The lowest BCUT2D eigenvalue weighted by Crippen LogP contribution is -2.64. The highest BCUT2D eigenvalue weighted by molar-refractivity contribution is 5.76. The van der Waals surface area contributed by atoms with Crippen LogP contribution in [-0.2, 0) is 9.53 Å². The van der Waals surface area contributed by atoms with Crippen molar-refractivity contribution in [2.45, 2.75) is 57.6 Å². The smallest absolute Gasteiger partial charge is 0.223 e. The standard InChI is InChI=1S/C14H26N2O2/c1-3-18-12-10-11(14(12)7-4-5-8-14)16(2)13(17)6-9-15/h11-12H,3-10,15H2,1-2H3. The maximum atomic E-state index is 12.0. The molecule has 18 heavy (non-hydrogen) atoms. The number of nitrogens with zero attached hydrogens (tertiary/aromatic N) is 1. The van der Waals surface area contributed by atoms with Gasteiger partial charge in [0, 0.05) is 38.1 Å². The monoisotopic (exact) mass is 254 g/mol. The number of hydrogen-bond acceptors (Lipinski definition) is 3. The highest BCUT2D eigenvalue weighted by Crippen LogP contribution is 2.56. The zero-order chi connectivity index (χ0) is 13.2. The summed E-state index contributed by atoms with van der Waals surface area (Å²) in [7, 11) is 1.94. The molecule has 1 amide bonds. The SMILES string of the molecule is CCOC1CC(N(C)C(=O)CCN)C12CCCC2. The minimum absolute atomic E-state index is 0.184. The van der Waals surface area contributed by atoms with Gasteiger partial charge in [0.15, 0.2) is 0 Å². The van der Waals surface area contributed by atoms with E-state index in [9.17, 15) is 4.79 Å². The number of amides is 1.